The van der Waals surface area contributed by atoms with Crippen molar-refractivity contribution in [2.45, 2.75) is 42.2 Å². The topological polar surface area (TPSA) is 23.1 Å². The first-order valence-electron chi connectivity index (χ1n) is 4.71. The van der Waals surface area contributed by atoms with Crippen molar-refractivity contribution in [1.82, 2.24) is 0 Å². The second kappa shape index (κ2) is 9.58. The first kappa shape index (κ1) is 17.7. The molecular formula is C9H18AlCl3O. The van der Waals surface area contributed by atoms with Crippen molar-refractivity contribution < 1.29 is 5.11 Å². The number of halogens is 3. The molecule has 0 unspecified atom stereocenters. The molecular weight excluding hydrogens is 257 g/mol. The minimum atomic E-state index is -2.33. The van der Waals surface area contributed by atoms with Crippen LogP contribution in [0.1, 0.15) is 27.7 Å². The molecule has 0 spiro atoms. The van der Waals surface area contributed by atoms with Crippen molar-refractivity contribution in [2.75, 3.05) is 0 Å². The standard InChI is InChI=1S/2C4H9.CCl3O.Al/c2*1-4(2)3;2-1(3,4)5;/h2*4H,1H2,2-3H3;;/q;;-1;+1. The van der Waals surface area contributed by atoms with Gasteiger partial charge in [-0.05, 0) is 0 Å². The maximum absolute atomic E-state index is 9.40. The van der Waals surface area contributed by atoms with Crippen LogP contribution in [0.2, 0.25) is 10.6 Å². The monoisotopic (exact) mass is 274 g/mol. The molecule has 0 radical (unpaired) electrons. The molecule has 0 saturated heterocycles. The molecule has 0 fully saturated rings. The quantitative estimate of drug-likeness (QED) is 0.569. The second-order valence-corrected chi connectivity index (χ2v) is 7.69. The summed E-state index contributed by atoms with van der Waals surface area (Å²) in [6.07, 6.45) is 0. The minimum absolute atomic E-state index is 0.755. The molecule has 0 aliphatic carbocycles. The molecule has 0 aliphatic rings. The van der Waals surface area contributed by atoms with Crippen LogP contribution >= 0.6 is 34.8 Å². The summed E-state index contributed by atoms with van der Waals surface area (Å²) < 4.78 is -2.33. The molecule has 0 amide bonds. The van der Waals surface area contributed by atoms with Crippen molar-refractivity contribution in [3.8, 4) is 0 Å². The number of alkyl halides is 3. The molecule has 0 aromatic heterocycles. The zero-order chi connectivity index (χ0) is 11.8. The Balaban J connectivity index is 0. The van der Waals surface area contributed by atoms with Gasteiger partial charge in [0.15, 0.2) is 0 Å². The van der Waals surface area contributed by atoms with Crippen LogP contribution in [0.5, 0.6) is 0 Å². The summed E-state index contributed by atoms with van der Waals surface area (Å²) in [5.41, 5.74) is 0. The molecule has 0 saturated carbocycles. The van der Waals surface area contributed by atoms with Crippen LogP contribution in [-0.2, 0) is 0 Å². The van der Waals surface area contributed by atoms with Crippen LogP contribution < -0.4 is 5.11 Å². The molecule has 0 aromatic rings. The van der Waals surface area contributed by atoms with Crippen molar-refractivity contribution in [3.05, 3.63) is 0 Å². The molecule has 5 heteroatoms. The largest absolute Gasteiger partial charge is 0.813 e. The predicted octanol–water partition coefficient (Wildman–Crippen LogP) is 3.51. The van der Waals surface area contributed by atoms with Gasteiger partial charge in [0, 0.05) is 0 Å². The summed E-state index contributed by atoms with van der Waals surface area (Å²) in [7, 11) is 0. The van der Waals surface area contributed by atoms with E-state index in [-0.39, 0.29) is 0 Å². The van der Waals surface area contributed by atoms with E-state index in [9.17, 15) is 5.11 Å². The van der Waals surface area contributed by atoms with Gasteiger partial charge in [0.2, 0.25) is 0 Å². The van der Waals surface area contributed by atoms with Crippen molar-refractivity contribution in [3.63, 3.8) is 0 Å². The molecule has 0 atom stereocenters. The van der Waals surface area contributed by atoms with E-state index >= 15 is 0 Å². The minimum Gasteiger partial charge on any atom is -0.813 e. The Morgan fingerprint density at radius 1 is 1.00 bits per heavy atom. The SMILES string of the molecule is CC(C)[CH2][Al+][CH2]C(C)C.[O-]C(Cl)(Cl)Cl. The summed E-state index contributed by atoms with van der Waals surface area (Å²) in [5.74, 6) is 1.86. The van der Waals surface area contributed by atoms with Gasteiger partial charge >= 0.3 is 65.3 Å². The van der Waals surface area contributed by atoms with Crippen LogP contribution in [0.4, 0.5) is 0 Å². The number of hydrogen-bond donors (Lipinski definition) is 0. The Bertz CT molecular complexity index is 110. The summed E-state index contributed by atoms with van der Waals surface area (Å²) in [4.78, 5) is 0. The molecule has 1 nitrogen and oxygen atoms in total. The van der Waals surface area contributed by atoms with Gasteiger partial charge in [-0.3, -0.25) is 0 Å². The fourth-order valence-electron chi connectivity index (χ4n) is 0.763. The molecule has 14 heavy (non-hydrogen) atoms. The second-order valence-electron chi connectivity index (χ2n) is 3.99. The normalized spacial score (nSPS) is 11.0. The van der Waals surface area contributed by atoms with Crippen LogP contribution in [0, 0.1) is 11.8 Å². The van der Waals surface area contributed by atoms with Crippen molar-refractivity contribution >= 4 is 50.0 Å². The maximum atomic E-state index is 9.40. The Kier molecular flexibility index (Phi) is 12.1. The Morgan fingerprint density at radius 2 is 1.21 bits per heavy atom. The maximum Gasteiger partial charge on any atom is 0.123 e. The van der Waals surface area contributed by atoms with Crippen LogP contribution in [0.15, 0.2) is 0 Å². The summed E-state index contributed by atoms with van der Waals surface area (Å²) in [5, 5.41) is 12.4. The van der Waals surface area contributed by atoms with Crippen LogP contribution in [0.3, 0.4) is 0 Å². The average Bonchev–Trinajstić information content (AvgIpc) is 1.80. The van der Waals surface area contributed by atoms with Crippen LogP contribution in [0.25, 0.3) is 0 Å². The van der Waals surface area contributed by atoms with E-state index in [1.807, 2.05) is 0 Å². The van der Waals surface area contributed by atoms with Crippen molar-refractivity contribution in [2.24, 2.45) is 11.8 Å². The van der Waals surface area contributed by atoms with E-state index < -0.39 is 3.98 Å². The fourth-order valence-corrected chi connectivity index (χ4v) is 2.29. The van der Waals surface area contributed by atoms with Gasteiger partial charge in [-0.1, -0.05) is 0 Å². The van der Waals surface area contributed by atoms with Gasteiger partial charge in [-0.15, -0.1) is 34.8 Å². The molecule has 84 valence electrons. The third-order valence-electron chi connectivity index (χ3n) is 1.28. The first-order valence-corrected chi connectivity index (χ1v) is 7.48. The average molecular weight is 276 g/mol. The zero-order valence-electron chi connectivity index (χ0n) is 9.19. The van der Waals surface area contributed by atoms with Gasteiger partial charge in [0.1, 0.15) is 3.98 Å². The van der Waals surface area contributed by atoms with E-state index in [2.05, 4.69) is 62.5 Å². The number of hydrogen-bond acceptors (Lipinski definition) is 1. The van der Waals surface area contributed by atoms with E-state index in [1.165, 1.54) is 10.6 Å². The molecule has 0 rings (SSSR count). The smallest absolute Gasteiger partial charge is 0.123 e. The first-order chi connectivity index (χ1) is 6.13. The van der Waals surface area contributed by atoms with Crippen molar-refractivity contribution in [1.29, 1.82) is 0 Å². The van der Waals surface area contributed by atoms with Crippen LogP contribution in [-0.4, -0.2) is 19.2 Å². The zero-order valence-corrected chi connectivity index (χ0v) is 12.6. The Labute approximate surface area is 109 Å². The molecule has 0 N–H and O–H groups in total. The molecule has 0 bridgehead atoms. The van der Waals surface area contributed by atoms with Gasteiger partial charge in [0.05, 0.1) is 0 Å². The van der Waals surface area contributed by atoms with E-state index in [0.29, 0.717) is 0 Å². The van der Waals surface area contributed by atoms with Gasteiger partial charge in [-0.2, -0.15) is 0 Å². The third kappa shape index (κ3) is 37.7. The Morgan fingerprint density at radius 3 is 1.36 bits per heavy atom. The summed E-state index contributed by atoms with van der Waals surface area (Å²) in [6.45, 7) is 9.25. The predicted molar refractivity (Wildman–Crippen MR) is 65.3 cm³/mol. The van der Waals surface area contributed by atoms with Gasteiger partial charge < -0.3 is 5.11 Å². The van der Waals surface area contributed by atoms with Gasteiger partial charge in [-0.25, -0.2) is 0 Å². The summed E-state index contributed by atoms with van der Waals surface area (Å²) >= 11 is 14.3. The Hall–Kier alpha value is 1.36. The third-order valence-corrected chi connectivity index (χ3v) is 3.83. The molecule has 0 heterocycles. The van der Waals surface area contributed by atoms with E-state index in [4.69, 9.17) is 0 Å². The van der Waals surface area contributed by atoms with Gasteiger partial charge in [0.25, 0.3) is 0 Å². The number of rotatable bonds is 4. The van der Waals surface area contributed by atoms with E-state index in [1.54, 1.807) is 0 Å². The summed E-state index contributed by atoms with van der Waals surface area (Å²) in [6, 6.07) is 0. The molecule has 0 aromatic carbocycles. The van der Waals surface area contributed by atoms with E-state index in [0.717, 1.165) is 27.1 Å². The molecule has 0 aliphatic heterocycles. The fraction of sp³-hybridized carbons (Fsp3) is 1.00.